The van der Waals surface area contributed by atoms with Crippen molar-refractivity contribution in [2.45, 2.75) is 229 Å². The Labute approximate surface area is 527 Å². The zero-order valence-corrected chi connectivity index (χ0v) is 58.0. The second-order valence-corrected chi connectivity index (χ2v) is 26.8. The van der Waals surface area contributed by atoms with Gasteiger partial charge < -0.3 is 60.7 Å². The molecule has 1 saturated heterocycles. The molecule has 1 rings (SSSR count). The quantitative estimate of drug-likeness (QED) is 0.128. The van der Waals surface area contributed by atoms with E-state index in [2.05, 4.69) is 27.8 Å². The fourth-order valence-electron chi connectivity index (χ4n) is 11.2. The van der Waals surface area contributed by atoms with Gasteiger partial charge in [0.15, 0.2) is 0 Å². The van der Waals surface area contributed by atoms with Crippen molar-refractivity contribution in [3.8, 4) is 0 Å². The van der Waals surface area contributed by atoms with Gasteiger partial charge in [-0.05, 0) is 106 Å². The molecule has 11 amide bonds. The third-order valence-electron chi connectivity index (χ3n) is 16.9. The zero-order valence-electron chi connectivity index (χ0n) is 58.0. The summed E-state index contributed by atoms with van der Waals surface area (Å²) in [6.07, 6.45) is 3.36. The SMILES string of the molecule is C=C(C)[C@@H]1NC(=O)C(C(C)CC)N(C)C(=O)CN(C)C(=O)[C@H](CC)NC(=O)[C@H]([C@H](O)[C@H](C)C/C=C/C)N(C)C(=O)[C@H](C(C)C)N(C)C(=O)[C@@H](CC(C)C)N(C)C(=O)[C@H](CC(C)C)N(C)C(=O)[C@@H](C)NC(=O)[C@H](CC(C)C)NC(=O)[C@H](CC(C)C)N(C)C1=O. The number of rotatable bonds is 17. The third-order valence-corrected chi connectivity index (χ3v) is 16.9. The van der Waals surface area contributed by atoms with E-state index < -0.39 is 156 Å². The van der Waals surface area contributed by atoms with Crippen molar-refractivity contribution in [1.29, 1.82) is 0 Å². The molecule has 88 heavy (non-hydrogen) atoms. The number of aliphatic hydroxyl groups is 1. The number of allylic oxidation sites excluding steroid dienone is 2. The highest BCUT2D eigenvalue weighted by atomic mass is 16.3. The highest BCUT2D eigenvalue weighted by Gasteiger charge is 2.46. The maximum absolute atomic E-state index is 15.2. The van der Waals surface area contributed by atoms with E-state index in [0.29, 0.717) is 12.8 Å². The lowest BCUT2D eigenvalue weighted by Gasteiger charge is -2.41. The second kappa shape index (κ2) is 36.3. The lowest BCUT2D eigenvalue weighted by molar-refractivity contribution is -0.157. The Morgan fingerprint density at radius 3 is 1.42 bits per heavy atom. The van der Waals surface area contributed by atoms with Crippen LogP contribution in [0.2, 0.25) is 0 Å². The van der Waals surface area contributed by atoms with Crippen LogP contribution >= 0.6 is 0 Å². The van der Waals surface area contributed by atoms with E-state index in [4.69, 9.17) is 0 Å². The number of nitrogens with one attached hydrogen (secondary N) is 4. The molecule has 23 heteroatoms. The second-order valence-electron chi connectivity index (χ2n) is 26.8. The van der Waals surface area contributed by atoms with Gasteiger partial charge >= 0.3 is 0 Å². The Kier molecular flexibility index (Phi) is 32.9. The minimum absolute atomic E-state index is 0.0137. The number of carbonyl (C=O) groups is 11. The first-order valence-corrected chi connectivity index (χ1v) is 31.7. The van der Waals surface area contributed by atoms with Crippen LogP contribution in [0.25, 0.3) is 0 Å². The van der Waals surface area contributed by atoms with Gasteiger partial charge in [-0.25, -0.2) is 0 Å². The molecule has 0 spiro atoms. The molecule has 13 atom stereocenters. The number of hydrogen-bond acceptors (Lipinski definition) is 12. The van der Waals surface area contributed by atoms with Gasteiger partial charge in [0.2, 0.25) is 65.0 Å². The number of carbonyl (C=O) groups excluding carboxylic acids is 11. The monoisotopic (exact) mass is 1240 g/mol. The number of aliphatic hydroxyl groups excluding tert-OH is 1. The van der Waals surface area contributed by atoms with Crippen LogP contribution in [0.4, 0.5) is 0 Å². The minimum Gasteiger partial charge on any atom is -0.390 e. The molecule has 0 aromatic rings. The third kappa shape index (κ3) is 22.0. The number of likely N-dealkylation sites (N-methyl/N-ethyl adjacent to an activating group) is 7. The molecule has 23 nitrogen and oxygen atoms in total. The smallest absolute Gasteiger partial charge is 0.249 e. The van der Waals surface area contributed by atoms with Crippen molar-refractivity contribution in [3.63, 3.8) is 0 Å². The molecule has 1 heterocycles. The summed E-state index contributed by atoms with van der Waals surface area (Å²) in [6, 6.07) is -12.7. The van der Waals surface area contributed by atoms with Crippen molar-refractivity contribution in [3.05, 3.63) is 24.3 Å². The fraction of sp³-hybridized carbons (Fsp3) is 0.769. The predicted octanol–water partition coefficient (Wildman–Crippen LogP) is 4.22. The maximum Gasteiger partial charge on any atom is 0.249 e. The summed E-state index contributed by atoms with van der Waals surface area (Å²) < 4.78 is 0. The van der Waals surface area contributed by atoms with Crippen molar-refractivity contribution >= 4 is 65.0 Å². The van der Waals surface area contributed by atoms with E-state index in [-0.39, 0.29) is 61.3 Å². The highest BCUT2D eigenvalue weighted by molar-refractivity contribution is 6.00. The Hall–Kier alpha value is -6.39. The topological polar surface area (TPSA) is 279 Å². The van der Waals surface area contributed by atoms with Gasteiger partial charge in [0.25, 0.3) is 0 Å². The summed E-state index contributed by atoms with van der Waals surface area (Å²) in [7, 11) is 9.89. The van der Waals surface area contributed by atoms with Gasteiger partial charge in [-0.2, -0.15) is 0 Å². The van der Waals surface area contributed by atoms with Gasteiger partial charge in [0.1, 0.15) is 60.4 Å². The molecule has 5 N–H and O–H groups in total. The summed E-state index contributed by atoms with van der Waals surface area (Å²) in [6.45, 7) is 33.6. The Balaban J connectivity index is 4.43. The van der Waals surface area contributed by atoms with Crippen molar-refractivity contribution < 1.29 is 57.8 Å². The molecule has 0 aromatic heterocycles. The van der Waals surface area contributed by atoms with Crippen LogP contribution in [0.3, 0.4) is 0 Å². The van der Waals surface area contributed by atoms with E-state index in [1.165, 1.54) is 87.7 Å². The molecule has 0 aliphatic carbocycles. The lowest BCUT2D eigenvalue weighted by Crippen LogP contribution is -2.63. The molecule has 0 aromatic carbocycles. The van der Waals surface area contributed by atoms with Gasteiger partial charge in [0, 0.05) is 49.3 Å². The molecular weight excluding hydrogens is 1130 g/mol. The molecule has 0 bridgehead atoms. The minimum atomic E-state index is -1.62. The van der Waals surface area contributed by atoms with Crippen LogP contribution in [0.15, 0.2) is 24.3 Å². The lowest BCUT2D eigenvalue weighted by atomic mass is 9.91. The largest absolute Gasteiger partial charge is 0.390 e. The molecule has 502 valence electrons. The van der Waals surface area contributed by atoms with Gasteiger partial charge in [-0.1, -0.05) is 122 Å². The average molecular weight is 1240 g/mol. The fourth-order valence-corrected chi connectivity index (χ4v) is 11.2. The van der Waals surface area contributed by atoms with Crippen LogP contribution in [0.5, 0.6) is 0 Å². The number of amides is 11. The van der Waals surface area contributed by atoms with Crippen molar-refractivity contribution in [1.82, 2.24) is 55.6 Å². The normalized spacial score (nSPS) is 26.7. The molecule has 1 aliphatic rings. The van der Waals surface area contributed by atoms with E-state index in [9.17, 15) is 43.5 Å². The first kappa shape index (κ1) is 79.6. The average Bonchev–Trinajstić information content (AvgIpc) is 1.38. The van der Waals surface area contributed by atoms with Crippen LogP contribution in [0.1, 0.15) is 163 Å². The summed E-state index contributed by atoms with van der Waals surface area (Å²) in [4.78, 5) is 170. The predicted molar refractivity (Wildman–Crippen MR) is 342 cm³/mol. The molecule has 2 unspecified atom stereocenters. The van der Waals surface area contributed by atoms with Crippen LogP contribution in [0, 0.1) is 41.4 Å². The number of nitrogens with zero attached hydrogens (tertiary/aromatic N) is 7. The van der Waals surface area contributed by atoms with E-state index in [1.807, 2.05) is 62.3 Å². The Morgan fingerprint density at radius 2 is 0.966 bits per heavy atom. The highest BCUT2D eigenvalue weighted by Crippen LogP contribution is 2.26. The summed E-state index contributed by atoms with van der Waals surface area (Å²) in [5.41, 5.74) is 0.217. The molecule has 1 fully saturated rings. The molecule has 1 aliphatic heterocycles. The van der Waals surface area contributed by atoms with Crippen molar-refractivity contribution in [2.75, 3.05) is 55.9 Å². The Bertz CT molecular complexity index is 2450. The van der Waals surface area contributed by atoms with Gasteiger partial charge in [-0.15, -0.1) is 0 Å². The van der Waals surface area contributed by atoms with E-state index in [0.717, 1.165) is 9.80 Å². The zero-order chi connectivity index (χ0) is 68.3. The molecular formula is C65H115N11O12. The first-order chi connectivity index (χ1) is 40.7. The summed E-state index contributed by atoms with van der Waals surface area (Å²) >= 11 is 0. The molecule has 0 saturated carbocycles. The van der Waals surface area contributed by atoms with E-state index >= 15 is 14.4 Å². The van der Waals surface area contributed by atoms with Crippen LogP contribution in [-0.2, 0) is 52.7 Å². The Morgan fingerprint density at radius 1 is 0.523 bits per heavy atom. The van der Waals surface area contributed by atoms with Gasteiger partial charge in [0.05, 0.1) is 12.6 Å². The first-order valence-electron chi connectivity index (χ1n) is 31.7. The van der Waals surface area contributed by atoms with Crippen LogP contribution in [-0.4, -0.2) is 227 Å². The van der Waals surface area contributed by atoms with Crippen molar-refractivity contribution in [2.24, 2.45) is 41.4 Å². The molecule has 0 radical (unpaired) electrons. The summed E-state index contributed by atoms with van der Waals surface area (Å²) in [5.74, 6) is -9.92. The number of hydrogen-bond donors (Lipinski definition) is 5. The maximum atomic E-state index is 15.2. The summed E-state index contributed by atoms with van der Waals surface area (Å²) in [5, 5.41) is 23.3. The van der Waals surface area contributed by atoms with Crippen LogP contribution < -0.4 is 21.3 Å². The van der Waals surface area contributed by atoms with E-state index in [1.54, 1.807) is 53.7 Å². The van der Waals surface area contributed by atoms with Gasteiger partial charge in [-0.3, -0.25) is 52.7 Å². The standard InChI is InChI=1S/C65H115N11O12/c1-26-29-30-43(17)55(78)54-59(82)67-45(28-3)61(84)70(19)35-50(77)74(23)53(42(16)27-2)58(81)69-51(40(12)13)64(87)71(20)47(32-37(6)7)57(80)68-46(31-36(4)5)56(79)66-44(18)60(83)72(21)48(33-38(8)9)62(85)73(22)49(34-39(10)11)63(86)75(24)52(41(14)15)65(88)76(54)25/h26,29,36-39,41-49,51-55,78H,12,27-28,30-35H2,1-11,13-25H3,(H,66,79)(H,67,82)(H,68,80)(H,69,81)/b29-26+/t42?,43-,44-,45+,46+,47+,48+,49-,51+,52+,53?,54+,55-/m1/s1.